The topological polar surface area (TPSA) is 63.7 Å². The Balaban J connectivity index is 1.25. The van der Waals surface area contributed by atoms with E-state index in [9.17, 15) is 4.79 Å². The summed E-state index contributed by atoms with van der Waals surface area (Å²) in [6.45, 7) is 2.10. The van der Waals surface area contributed by atoms with Gasteiger partial charge in [0.25, 0.3) is 0 Å². The predicted molar refractivity (Wildman–Crippen MR) is 128 cm³/mol. The first-order chi connectivity index (χ1) is 16.1. The summed E-state index contributed by atoms with van der Waals surface area (Å²) in [6.07, 6.45) is 6.83. The second-order valence-corrected chi connectivity index (χ2v) is 10.1. The number of halogens is 1. The van der Waals surface area contributed by atoms with Crippen LogP contribution < -0.4 is 14.8 Å². The van der Waals surface area contributed by atoms with Crippen molar-refractivity contribution in [3.8, 4) is 11.5 Å². The SMILES string of the molecule is O=C(Nc1ncc(C(c2ccccc2Cl)N2C[CH]CC2)s1)C1(c2ccc3c(c2)OCO3)CC1. The van der Waals surface area contributed by atoms with Gasteiger partial charge in [-0.2, -0.15) is 0 Å². The smallest absolute Gasteiger partial charge is 0.236 e. The van der Waals surface area contributed by atoms with Crippen molar-refractivity contribution >= 4 is 34.0 Å². The number of rotatable bonds is 6. The summed E-state index contributed by atoms with van der Waals surface area (Å²) in [5.74, 6) is 1.41. The molecule has 2 aliphatic heterocycles. The van der Waals surface area contributed by atoms with Crippen LogP contribution in [-0.2, 0) is 10.2 Å². The first kappa shape index (κ1) is 21.0. The lowest BCUT2D eigenvalue weighted by molar-refractivity contribution is -0.118. The molecule has 6 rings (SSSR count). The fraction of sp³-hybridized carbons (Fsp3) is 0.320. The van der Waals surface area contributed by atoms with E-state index in [2.05, 4.69) is 27.7 Å². The molecular weight excluding hydrogens is 458 g/mol. The molecule has 6 nitrogen and oxygen atoms in total. The molecule has 3 aliphatic rings. The van der Waals surface area contributed by atoms with Crippen LogP contribution in [0.5, 0.6) is 11.5 Å². The average molecular weight is 481 g/mol. The number of likely N-dealkylation sites (tertiary alicyclic amines) is 1. The number of thiazole rings is 1. The maximum absolute atomic E-state index is 13.3. The number of amides is 1. The Morgan fingerprint density at radius 3 is 2.82 bits per heavy atom. The van der Waals surface area contributed by atoms with E-state index in [1.807, 2.05) is 42.6 Å². The highest BCUT2D eigenvalue weighted by molar-refractivity contribution is 7.15. The number of anilines is 1. The molecule has 3 heterocycles. The van der Waals surface area contributed by atoms with E-state index in [0.29, 0.717) is 10.9 Å². The second kappa shape index (κ2) is 8.31. The fourth-order valence-electron chi connectivity index (χ4n) is 4.72. The molecule has 1 aromatic heterocycles. The summed E-state index contributed by atoms with van der Waals surface area (Å²) in [4.78, 5) is 21.3. The van der Waals surface area contributed by atoms with Crippen molar-refractivity contribution in [2.75, 3.05) is 25.2 Å². The summed E-state index contributed by atoms with van der Waals surface area (Å²) in [5, 5.41) is 4.44. The van der Waals surface area contributed by atoms with Crippen LogP contribution in [-0.4, -0.2) is 35.7 Å². The number of aromatic nitrogens is 1. The van der Waals surface area contributed by atoms with Crippen LogP contribution in [0.2, 0.25) is 5.02 Å². The van der Waals surface area contributed by atoms with Crippen LogP contribution in [0.1, 0.15) is 41.3 Å². The Morgan fingerprint density at radius 2 is 2.03 bits per heavy atom. The Bertz CT molecular complexity index is 1200. The van der Waals surface area contributed by atoms with Gasteiger partial charge in [0.2, 0.25) is 12.7 Å². The van der Waals surface area contributed by atoms with E-state index >= 15 is 0 Å². The Hall–Kier alpha value is -2.61. The number of nitrogens with one attached hydrogen (secondary N) is 1. The number of nitrogens with zero attached hydrogens (tertiary/aromatic N) is 2. The minimum atomic E-state index is -0.529. The van der Waals surface area contributed by atoms with Gasteiger partial charge in [-0.15, -0.1) is 0 Å². The molecule has 1 unspecified atom stereocenters. The number of ether oxygens (including phenoxy) is 2. The lowest BCUT2D eigenvalue weighted by Gasteiger charge is -2.27. The second-order valence-electron chi connectivity index (χ2n) is 8.67. The third-order valence-electron chi connectivity index (χ3n) is 6.67. The Kier molecular flexibility index (Phi) is 5.28. The number of hydrogen-bond acceptors (Lipinski definition) is 6. The molecule has 169 valence electrons. The van der Waals surface area contributed by atoms with Crippen LogP contribution >= 0.6 is 22.9 Å². The molecule has 2 fully saturated rings. The summed E-state index contributed by atoms with van der Waals surface area (Å²) >= 11 is 8.09. The number of fused-ring (bicyclic) bond motifs is 1. The van der Waals surface area contributed by atoms with Crippen LogP contribution in [0.3, 0.4) is 0 Å². The third kappa shape index (κ3) is 3.78. The average Bonchev–Trinajstić information content (AvgIpc) is 3.19. The van der Waals surface area contributed by atoms with Gasteiger partial charge in [0, 0.05) is 22.6 Å². The molecule has 1 aliphatic carbocycles. The molecule has 1 saturated carbocycles. The van der Waals surface area contributed by atoms with Gasteiger partial charge in [0.05, 0.1) is 11.5 Å². The van der Waals surface area contributed by atoms with Gasteiger partial charge in [-0.1, -0.05) is 47.2 Å². The quantitative estimate of drug-likeness (QED) is 0.525. The fourth-order valence-corrected chi connectivity index (χ4v) is 5.92. The minimum absolute atomic E-state index is 0.0179. The van der Waals surface area contributed by atoms with Crippen LogP contribution in [0.25, 0.3) is 0 Å². The molecule has 2 aromatic carbocycles. The van der Waals surface area contributed by atoms with Crippen molar-refractivity contribution in [1.29, 1.82) is 0 Å². The van der Waals surface area contributed by atoms with E-state index < -0.39 is 5.41 Å². The molecule has 1 amide bonds. The van der Waals surface area contributed by atoms with Crippen molar-refractivity contribution in [2.24, 2.45) is 0 Å². The highest BCUT2D eigenvalue weighted by Crippen LogP contribution is 2.51. The van der Waals surface area contributed by atoms with Gasteiger partial charge >= 0.3 is 0 Å². The summed E-state index contributed by atoms with van der Waals surface area (Å²) in [6, 6.07) is 13.8. The number of carbonyl (C=O) groups is 1. The maximum Gasteiger partial charge on any atom is 0.236 e. The maximum atomic E-state index is 13.3. The number of hydrogen-bond donors (Lipinski definition) is 1. The number of benzene rings is 2. The molecule has 8 heteroatoms. The highest BCUT2D eigenvalue weighted by atomic mass is 35.5. The zero-order chi connectivity index (χ0) is 22.4. The van der Waals surface area contributed by atoms with Gasteiger partial charge < -0.3 is 14.8 Å². The standard InChI is InChI=1S/C25H23ClN3O3S/c26-18-6-2-1-5-17(18)22(29-11-3-4-12-29)21-14-27-24(33-21)28-23(30)25(9-10-25)16-7-8-19-20(13-16)32-15-31-19/h1-3,5-8,13-14,22H,4,9-12,15H2,(H,27,28,30). The van der Waals surface area contributed by atoms with Gasteiger partial charge in [-0.25, -0.2) is 4.98 Å². The van der Waals surface area contributed by atoms with Gasteiger partial charge in [-0.05, 0) is 61.6 Å². The van der Waals surface area contributed by atoms with Crippen molar-refractivity contribution in [3.05, 3.63) is 76.1 Å². The van der Waals surface area contributed by atoms with Crippen molar-refractivity contribution in [2.45, 2.75) is 30.7 Å². The van der Waals surface area contributed by atoms with E-state index in [-0.39, 0.29) is 18.7 Å². The van der Waals surface area contributed by atoms with E-state index in [4.69, 9.17) is 21.1 Å². The van der Waals surface area contributed by atoms with Crippen LogP contribution in [0, 0.1) is 6.42 Å². The Morgan fingerprint density at radius 1 is 1.18 bits per heavy atom. The van der Waals surface area contributed by atoms with Crippen molar-refractivity contribution in [1.82, 2.24) is 9.88 Å². The number of carbonyl (C=O) groups excluding carboxylic acids is 1. The summed E-state index contributed by atoms with van der Waals surface area (Å²) < 4.78 is 10.9. The zero-order valence-electron chi connectivity index (χ0n) is 17.9. The predicted octanol–water partition coefficient (Wildman–Crippen LogP) is 5.19. The molecule has 1 atom stereocenters. The molecule has 33 heavy (non-hydrogen) atoms. The molecule has 1 N–H and O–H groups in total. The highest BCUT2D eigenvalue weighted by Gasteiger charge is 2.52. The Labute approximate surface area is 201 Å². The summed E-state index contributed by atoms with van der Waals surface area (Å²) in [5.41, 5.74) is 1.50. The van der Waals surface area contributed by atoms with E-state index in [1.54, 1.807) is 0 Å². The zero-order valence-corrected chi connectivity index (χ0v) is 19.5. The summed E-state index contributed by atoms with van der Waals surface area (Å²) in [7, 11) is 0. The van der Waals surface area contributed by atoms with E-state index in [0.717, 1.165) is 59.1 Å². The lowest BCUT2D eigenvalue weighted by Crippen LogP contribution is -2.27. The molecule has 0 spiro atoms. The first-order valence-corrected chi connectivity index (χ1v) is 12.3. The molecule has 0 bridgehead atoms. The third-order valence-corrected chi connectivity index (χ3v) is 7.98. The molecule has 1 saturated heterocycles. The normalized spacial score (nSPS) is 19.4. The monoisotopic (exact) mass is 480 g/mol. The van der Waals surface area contributed by atoms with Crippen molar-refractivity contribution in [3.63, 3.8) is 0 Å². The van der Waals surface area contributed by atoms with E-state index in [1.165, 1.54) is 11.3 Å². The van der Waals surface area contributed by atoms with Crippen LogP contribution in [0.15, 0.2) is 48.7 Å². The molecule has 3 aromatic rings. The lowest BCUT2D eigenvalue weighted by atomic mass is 9.94. The molecule has 1 radical (unpaired) electrons. The largest absolute Gasteiger partial charge is 0.454 e. The van der Waals surface area contributed by atoms with Gasteiger partial charge in [-0.3, -0.25) is 9.69 Å². The van der Waals surface area contributed by atoms with Gasteiger partial charge in [0.1, 0.15) is 0 Å². The minimum Gasteiger partial charge on any atom is -0.454 e. The molecular formula is C25H23ClN3O3S. The van der Waals surface area contributed by atoms with Crippen LogP contribution in [0.4, 0.5) is 5.13 Å². The van der Waals surface area contributed by atoms with Crippen molar-refractivity contribution < 1.29 is 14.3 Å². The first-order valence-electron chi connectivity index (χ1n) is 11.1. The van der Waals surface area contributed by atoms with Gasteiger partial charge in [0.15, 0.2) is 16.6 Å².